The van der Waals surface area contributed by atoms with Crippen LogP contribution in [-0.4, -0.2) is 23.8 Å². The van der Waals surface area contributed by atoms with Crippen molar-refractivity contribution in [1.82, 2.24) is 0 Å². The second kappa shape index (κ2) is 4.49. The molecule has 0 bridgehead atoms. The highest BCUT2D eigenvalue weighted by molar-refractivity contribution is 6.34. The Kier molecular flexibility index (Phi) is 3.30. The van der Waals surface area contributed by atoms with E-state index in [0.717, 1.165) is 0 Å². The van der Waals surface area contributed by atoms with Crippen LogP contribution >= 0.6 is 0 Å². The fourth-order valence-corrected chi connectivity index (χ4v) is 0.866. The number of rotatable bonds is 4. The fourth-order valence-electron chi connectivity index (χ4n) is 0.866. The molecule has 0 aromatic heterocycles. The summed E-state index contributed by atoms with van der Waals surface area (Å²) in [4.78, 5) is 10.1. The molecule has 13 heavy (non-hydrogen) atoms. The van der Waals surface area contributed by atoms with Crippen molar-refractivity contribution in [3.8, 4) is 5.75 Å². The lowest BCUT2D eigenvalue weighted by atomic mass is 10.2. The van der Waals surface area contributed by atoms with Gasteiger partial charge in [-0.05, 0) is 12.1 Å². The Morgan fingerprint density at radius 2 is 2.08 bits per heavy atom. The van der Waals surface area contributed by atoms with Gasteiger partial charge in [-0.2, -0.15) is 0 Å². The second-order valence-corrected chi connectivity index (χ2v) is 2.20. The molecule has 0 heterocycles. The van der Waals surface area contributed by atoms with Crippen LogP contribution in [0.2, 0.25) is 0 Å². The molecule has 5 nitrogen and oxygen atoms in total. The molecule has 0 fully saturated rings. The predicted octanol–water partition coefficient (Wildman–Crippen LogP) is -0.397. The summed E-state index contributed by atoms with van der Waals surface area (Å²) in [6.07, 6.45) is 0.478. The number of benzene rings is 1. The molecule has 0 aliphatic heterocycles. The van der Waals surface area contributed by atoms with Gasteiger partial charge in [-0.1, -0.05) is 12.1 Å². The third-order valence-corrected chi connectivity index (χ3v) is 1.33. The summed E-state index contributed by atoms with van der Waals surface area (Å²) < 4.78 is 4.59. The van der Waals surface area contributed by atoms with Gasteiger partial charge in [-0.25, -0.2) is 0 Å². The Labute approximate surface area is 75.1 Å². The Bertz CT molecular complexity index is 292. The van der Waals surface area contributed by atoms with Gasteiger partial charge < -0.3 is 20.0 Å². The van der Waals surface area contributed by atoms with Crippen LogP contribution < -0.4 is 9.97 Å². The highest BCUT2D eigenvalue weighted by Gasteiger charge is 2.13. The SMILES string of the molecule is O=CNc1ccccc1OB(O)O. The largest absolute Gasteiger partial charge is 0.707 e. The van der Waals surface area contributed by atoms with Crippen LogP contribution in [0.5, 0.6) is 5.75 Å². The first-order valence-corrected chi connectivity index (χ1v) is 3.56. The summed E-state index contributed by atoms with van der Waals surface area (Å²) >= 11 is 0. The molecule has 1 amide bonds. The van der Waals surface area contributed by atoms with Gasteiger partial charge in [0, 0.05) is 0 Å². The van der Waals surface area contributed by atoms with Crippen LogP contribution in [0.1, 0.15) is 0 Å². The van der Waals surface area contributed by atoms with Crippen LogP contribution in [0, 0.1) is 0 Å². The molecule has 0 spiro atoms. The molecule has 68 valence electrons. The van der Waals surface area contributed by atoms with Gasteiger partial charge in [-0.15, -0.1) is 0 Å². The van der Waals surface area contributed by atoms with E-state index in [1.165, 1.54) is 6.07 Å². The van der Waals surface area contributed by atoms with Crippen molar-refractivity contribution in [2.75, 3.05) is 5.32 Å². The van der Waals surface area contributed by atoms with E-state index in [1.807, 2.05) is 0 Å². The zero-order valence-electron chi connectivity index (χ0n) is 6.68. The molecule has 3 N–H and O–H groups in total. The minimum Gasteiger partial charge on any atom is -0.510 e. The monoisotopic (exact) mass is 181 g/mol. The number of anilines is 1. The average molecular weight is 181 g/mol. The lowest BCUT2D eigenvalue weighted by Crippen LogP contribution is -2.21. The normalized spacial score (nSPS) is 9.08. The number of hydrogen-bond donors (Lipinski definition) is 3. The van der Waals surface area contributed by atoms with Crippen molar-refractivity contribution < 1.29 is 19.5 Å². The predicted molar refractivity (Wildman–Crippen MR) is 46.9 cm³/mol. The zero-order chi connectivity index (χ0) is 9.68. The molecule has 0 saturated heterocycles. The van der Waals surface area contributed by atoms with Crippen LogP contribution in [0.3, 0.4) is 0 Å². The van der Waals surface area contributed by atoms with Gasteiger partial charge in [0.2, 0.25) is 6.41 Å². The zero-order valence-corrected chi connectivity index (χ0v) is 6.68. The molecular weight excluding hydrogens is 173 g/mol. The number of para-hydroxylation sites is 2. The maximum Gasteiger partial charge on any atom is 0.707 e. The maximum absolute atomic E-state index is 10.1. The van der Waals surface area contributed by atoms with Gasteiger partial charge in [0.1, 0.15) is 5.75 Å². The first-order valence-electron chi connectivity index (χ1n) is 3.56. The third kappa shape index (κ3) is 2.77. The van der Waals surface area contributed by atoms with Crippen LogP contribution in [0.4, 0.5) is 5.69 Å². The van der Waals surface area contributed by atoms with E-state index in [4.69, 9.17) is 10.0 Å². The summed E-state index contributed by atoms with van der Waals surface area (Å²) in [7, 11) is -1.89. The minimum absolute atomic E-state index is 0.199. The second-order valence-electron chi connectivity index (χ2n) is 2.20. The fraction of sp³-hybridized carbons (Fsp3) is 0. The molecular formula is C7H8BNO4. The van der Waals surface area contributed by atoms with Crippen molar-refractivity contribution in [1.29, 1.82) is 0 Å². The molecule has 0 aliphatic carbocycles. The van der Waals surface area contributed by atoms with E-state index < -0.39 is 7.32 Å². The summed E-state index contributed by atoms with van der Waals surface area (Å²) in [5, 5.41) is 19.4. The standard InChI is InChI=1S/C7H8BNO4/c10-5-9-6-3-1-2-4-7(6)13-8(11)12/h1-5,11-12H,(H,9,10). The Morgan fingerprint density at radius 1 is 1.38 bits per heavy atom. The number of hydrogen-bond acceptors (Lipinski definition) is 4. The molecule has 0 atom stereocenters. The lowest BCUT2D eigenvalue weighted by molar-refractivity contribution is -0.105. The number of carbonyl (C=O) groups excluding carboxylic acids is 1. The number of nitrogens with one attached hydrogen (secondary N) is 1. The summed E-state index contributed by atoms with van der Waals surface area (Å²) in [5.74, 6) is 0.199. The highest BCUT2D eigenvalue weighted by atomic mass is 16.6. The average Bonchev–Trinajstić information content (AvgIpc) is 2.08. The molecule has 0 saturated carbocycles. The van der Waals surface area contributed by atoms with Crippen molar-refractivity contribution in [3.63, 3.8) is 0 Å². The number of carbonyl (C=O) groups is 1. The van der Waals surface area contributed by atoms with Crippen LogP contribution in [-0.2, 0) is 4.79 Å². The van der Waals surface area contributed by atoms with Crippen LogP contribution in [0.25, 0.3) is 0 Å². The molecule has 0 unspecified atom stereocenters. The van der Waals surface area contributed by atoms with Gasteiger partial charge in [-0.3, -0.25) is 4.79 Å². The van der Waals surface area contributed by atoms with E-state index >= 15 is 0 Å². The Balaban J connectivity index is 2.83. The van der Waals surface area contributed by atoms with Gasteiger partial charge in [0.05, 0.1) is 5.69 Å². The third-order valence-electron chi connectivity index (χ3n) is 1.33. The Morgan fingerprint density at radius 3 is 2.69 bits per heavy atom. The van der Waals surface area contributed by atoms with E-state index in [1.54, 1.807) is 18.2 Å². The maximum atomic E-state index is 10.1. The molecule has 0 aliphatic rings. The summed E-state index contributed by atoms with van der Waals surface area (Å²) in [6.45, 7) is 0. The van der Waals surface area contributed by atoms with E-state index in [0.29, 0.717) is 12.1 Å². The molecule has 1 aromatic carbocycles. The van der Waals surface area contributed by atoms with Crippen LogP contribution in [0.15, 0.2) is 24.3 Å². The van der Waals surface area contributed by atoms with E-state index in [-0.39, 0.29) is 5.75 Å². The molecule has 6 heteroatoms. The van der Waals surface area contributed by atoms with Crippen molar-refractivity contribution in [2.45, 2.75) is 0 Å². The van der Waals surface area contributed by atoms with Crippen molar-refractivity contribution in [3.05, 3.63) is 24.3 Å². The Hall–Kier alpha value is -1.53. The summed E-state index contributed by atoms with van der Waals surface area (Å²) in [6, 6.07) is 6.41. The van der Waals surface area contributed by atoms with Gasteiger partial charge in [0.25, 0.3) is 0 Å². The first-order chi connectivity index (χ1) is 6.24. The molecule has 0 radical (unpaired) electrons. The summed E-state index contributed by atoms with van der Waals surface area (Å²) in [5.41, 5.74) is 0.380. The molecule has 1 aromatic rings. The van der Waals surface area contributed by atoms with Gasteiger partial charge in [0.15, 0.2) is 0 Å². The van der Waals surface area contributed by atoms with Crippen molar-refractivity contribution in [2.24, 2.45) is 0 Å². The molecule has 1 rings (SSSR count). The lowest BCUT2D eigenvalue weighted by Gasteiger charge is -2.08. The minimum atomic E-state index is -1.89. The van der Waals surface area contributed by atoms with Gasteiger partial charge >= 0.3 is 7.32 Å². The number of amides is 1. The van der Waals surface area contributed by atoms with E-state index in [9.17, 15) is 4.79 Å². The quantitative estimate of drug-likeness (QED) is 0.436. The highest BCUT2D eigenvalue weighted by Crippen LogP contribution is 2.22. The van der Waals surface area contributed by atoms with Crippen molar-refractivity contribution >= 4 is 19.4 Å². The topological polar surface area (TPSA) is 78.8 Å². The smallest absolute Gasteiger partial charge is 0.510 e. The first kappa shape index (κ1) is 9.56. The van der Waals surface area contributed by atoms with E-state index in [2.05, 4.69) is 9.97 Å².